The lowest BCUT2D eigenvalue weighted by atomic mass is 9.79. The fourth-order valence-corrected chi connectivity index (χ4v) is 4.87. The average Bonchev–Trinajstić information content (AvgIpc) is 3.48. The number of halogens is 2. The number of fused-ring (bicyclic) bond motifs is 1. The molecule has 0 bridgehead atoms. The minimum Gasteiger partial charge on any atom is -0.485 e. The van der Waals surface area contributed by atoms with Crippen molar-refractivity contribution in [2.45, 2.75) is 79.4 Å². The summed E-state index contributed by atoms with van der Waals surface area (Å²) in [4.78, 5) is 30.9. The first-order chi connectivity index (χ1) is 19.7. The average molecular weight is 581 g/mol. The van der Waals surface area contributed by atoms with Crippen molar-refractivity contribution in [2.75, 3.05) is 0 Å². The Kier molecular flexibility index (Phi) is 8.84. The first kappa shape index (κ1) is 30.9. The second-order valence-electron chi connectivity index (χ2n) is 12.1. The Bertz CT molecular complexity index is 1600. The molecule has 4 rings (SSSR count). The molecule has 0 spiro atoms. The molecule has 0 saturated heterocycles. The van der Waals surface area contributed by atoms with Crippen LogP contribution in [0.5, 0.6) is 5.75 Å². The SMILES string of the molecule is CCC(C)(CCC(=O)c1c(C)nc2c(OCc3c(F)cccc3F)cc(-c3cnn(C)c3)cn12)CC(=O)OC(C)(C)C. The van der Waals surface area contributed by atoms with Crippen LogP contribution in [0.15, 0.2) is 42.9 Å². The van der Waals surface area contributed by atoms with Crippen molar-refractivity contribution in [1.29, 1.82) is 0 Å². The number of ketones is 1. The lowest BCUT2D eigenvalue weighted by molar-refractivity contribution is -0.157. The number of imidazole rings is 1. The zero-order valence-corrected chi connectivity index (χ0v) is 25.3. The van der Waals surface area contributed by atoms with Crippen LogP contribution in [0.1, 0.15) is 82.0 Å². The molecule has 4 aromatic rings. The molecular weight excluding hydrogens is 542 g/mol. The molecule has 3 aromatic heterocycles. The molecule has 0 amide bonds. The van der Waals surface area contributed by atoms with Gasteiger partial charge < -0.3 is 9.47 Å². The number of pyridine rings is 1. The second kappa shape index (κ2) is 12.0. The van der Waals surface area contributed by atoms with E-state index in [0.717, 1.165) is 5.56 Å². The second-order valence-corrected chi connectivity index (χ2v) is 12.1. The maximum absolute atomic E-state index is 14.3. The Morgan fingerprint density at radius 2 is 1.74 bits per heavy atom. The van der Waals surface area contributed by atoms with Crippen LogP contribution in [0, 0.1) is 24.0 Å². The monoisotopic (exact) mass is 580 g/mol. The van der Waals surface area contributed by atoms with Gasteiger partial charge in [-0.2, -0.15) is 5.10 Å². The molecule has 0 saturated carbocycles. The quantitative estimate of drug-likeness (QED) is 0.140. The summed E-state index contributed by atoms with van der Waals surface area (Å²) in [5, 5.41) is 4.24. The van der Waals surface area contributed by atoms with E-state index in [1.165, 1.54) is 18.2 Å². The van der Waals surface area contributed by atoms with E-state index in [1.54, 1.807) is 41.5 Å². The van der Waals surface area contributed by atoms with Gasteiger partial charge in [-0.3, -0.25) is 18.7 Å². The molecule has 1 unspecified atom stereocenters. The van der Waals surface area contributed by atoms with Crippen molar-refractivity contribution in [3.8, 4) is 16.9 Å². The number of esters is 1. The Balaban J connectivity index is 1.67. The van der Waals surface area contributed by atoms with E-state index in [9.17, 15) is 18.4 Å². The van der Waals surface area contributed by atoms with E-state index in [1.807, 2.05) is 40.8 Å². The van der Waals surface area contributed by atoms with E-state index in [4.69, 9.17) is 9.47 Å². The number of hydrogen-bond donors (Lipinski definition) is 0. The van der Waals surface area contributed by atoms with E-state index in [0.29, 0.717) is 35.4 Å². The number of hydrogen-bond acceptors (Lipinski definition) is 6. The van der Waals surface area contributed by atoms with Gasteiger partial charge in [0.25, 0.3) is 0 Å². The Morgan fingerprint density at radius 1 is 1.05 bits per heavy atom. The number of aryl methyl sites for hydroxylation is 2. The summed E-state index contributed by atoms with van der Waals surface area (Å²) in [5.74, 6) is -1.59. The zero-order chi connectivity index (χ0) is 30.8. The van der Waals surface area contributed by atoms with E-state index < -0.39 is 22.7 Å². The minimum atomic E-state index is -0.713. The van der Waals surface area contributed by atoms with Gasteiger partial charge in [-0.05, 0) is 57.7 Å². The lowest BCUT2D eigenvalue weighted by Gasteiger charge is -2.29. The normalized spacial score (nSPS) is 13.3. The zero-order valence-electron chi connectivity index (χ0n) is 25.3. The van der Waals surface area contributed by atoms with Crippen LogP contribution in [-0.4, -0.2) is 36.5 Å². The maximum atomic E-state index is 14.3. The highest BCUT2D eigenvalue weighted by Crippen LogP contribution is 2.35. The van der Waals surface area contributed by atoms with Gasteiger partial charge in [0.2, 0.25) is 0 Å². The van der Waals surface area contributed by atoms with Crippen molar-refractivity contribution in [2.24, 2.45) is 12.5 Å². The van der Waals surface area contributed by atoms with Crippen LogP contribution < -0.4 is 4.74 Å². The molecule has 0 N–H and O–H groups in total. The number of nitrogens with zero attached hydrogens (tertiary/aromatic N) is 4. The van der Waals surface area contributed by atoms with Gasteiger partial charge in [-0.1, -0.05) is 26.3 Å². The highest BCUT2D eigenvalue weighted by molar-refractivity contribution is 5.97. The van der Waals surface area contributed by atoms with Gasteiger partial charge >= 0.3 is 5.97 Å². The van der Waals surface area contributed by atoms with Crippen LogP contribution >= 0.6 is 0 Å². The molecule has 0 fully saturated rings. The Labute approximate surface area is 244 Å². The first-order valence-corrected chi connectivity index (χ1v) is 14.0. The molecule has 0 aliphatic heterocycles. The van der Waals surface area contributed by atoms with Crippen LogP contribution in [0.4, 0.5) is 8.78 Å². The third-order valence-electron chi connectivity index (χ3n) is 7.40. The summed E-state index contributed by atoms with van der Waals surface area (Å²) >= 11 is 0. The number of Topliss-reactive ketones (excluding diaryl/α,β-unsaturated/α-hetero) is 1. The summed E-state index contributed by atoms with van der Waals surface area (Å²) in [6.45, 7) is 10.8. The third kappa shape index (κ3) is 7.03. The molecule has 42 heavy (non-hydrogen) atoms. The largest absolute Gasteiger partial charge is 0.485 e. The van der Waals surface area contributed by atoms with E-state index in [-0.39, 0.29) is 42.5 Å². The maximum Gasteiger partial charge on any atom is 0.306 e. The van der Waals surface area contributed by atoms with Crippen molar-refractivity contribution in [3.05, 3.63) is 71.4 Å². The molecule has 1 aromatic carbocycles. The van der Waals surface area contributed by atoms with Gasteiger partial charge in [0.1, 0.15) is 29.5 Å². The van der Waals surface area contributed by atoms with Gasteiger partial charge in [0.05, 0.1) is 23.9 Å². The van der Waals surface area contributed by atoms with Gasteiger partial charge in [0, 0.05) is 37.0 Å². The van der Waals surface area contributed by atoms with Crippen molar-refractivity contribution in [1.82, 2.24) is 19.2 Å². The number of rotatable bonds is 11. The Hall–Kier alpha value is -4.08. The van der Waals surface area contributed by atoms with Crippen molar-refractivity contribution < 1.29 is 27.8 Å². The lowest BCUT2D eigenvalue weighted by Crippen LogP contribution is -2.29. The smallest absolute Gasteiger partial charge is 0.306 e. The fraction of sp³-hybridized carbons (Fsp3) is 0.438. The summed E-state index contributed by atoms with van der Waals surface area (Å²) < 4.78 is 43.5. The van der Waals surface area contributed by atoms with Crippen LogP contribution in [-0.2, 0) is 23.2 Å². The number of ether oxygens (including phenoxy) is 2. The molecule has 0 radical (unpaired) electrons. The fourth-order valence-electron chi connectivity index (χ4n) is 4.87. The molecule has 3 heterocycles. The molecule has 10 heteroatoms. The van der Waals surface area contributed by atoms with Gasteiger partial charge in [-0.25, -0.2) is 13.8 Å². The minimum absolute atomic E-state index is 0.140. The first-order valence-electron chi connectivity index (χ1n) is 14.0. The molecule has 1 atom stereocenters. The van der Waals surface area contributed by atoms with Gasteiger partial charge in [-0.15, -0.1) is 0 Å². The predicted molar refractivity (Wildman–Crippen MR) is 155 cm³/mol. The van der Waals surface area contributed by atoms with E-state index in [2.05, 4.69) is 10.1 Å². The van der Waals surface area contributed by atoms with Crippen LogP contribution in [0.25, 0.3) is 16.8 Å². The van der Waals surface area contributed by atoms with Crippen molar-refractivity contribution >= 4 is 17.4 Å². The number of carbonyl (C=O) groups excluding carboxylic acids is 2. The highest BCUT2D eigenvalue weighted by atomic mass is 19.1. The van der Waals surface area contributed by atoms with Crippen LogP contribution in [0.2, 0.25) is 0 Å². The molecule has 0 aliphatic rings. The Morgan fingerprint density at radius 3 is 2.33 bits per heavy atom. The molecule has 0 aliphatic carbocycles. The summed E-state index contributed by atoms with van der Waals surface area (Å²) in [5.41, 5.74) is 1.48. The van der Waals surface area contributed by atoms with Crippen molar-refractivity contribution in [3.63, 3.8) is 0 Å². The third-order valence-corrected chi connectivity index (χ3v) is 7.40. The number of benzene rings is 1. The summed E-state index contributed by atoms with van der Waals surface area (Å²) in [7, 11) is 1.79. The molecule has 224 valence electrons. The van der Waals surface area contributed by atoms with Crippen LogP contribution in [0.3, 0.4) is 0 Å². The number of carbonyl (C=O) groups is 2. The van der Waals surface area contributed by atoms with Gasteiger partial charge in [0.15, 0.2) is 17.2 Å². The molecular formula is C32H38F2N4O4. The molecule has 8 nitrogen and oxygen atoms in total. The highest BCUT2D eigenvalue weighted by Gasteiger charge is 2.30. The number of aromatic nitrogens is 4. The van der Waals surface area contributed by atoms with E-state index >= 15 is 0 Å². The predicted octanol–water partition coefficient (Wildman–Crippen LogP) is 7.01. The standard InChI is InChI=1S/C32H38F2N4O4/c1-8-32(6,15-28(40)42-31(3,4)5)13-12-26(39)29-20(2)36-30-27(41-19-23-24(33)10-9-11-25(23)34)14-21(18-38(29)30)22-16-35-37(7)17-22/h9-11,14,16-18H,8,12-13,15,19H2,1-7H3. The topological polar surface area (TPSA) is 87.7 Å². The summed E-state index contributed by atoms with van der Waals surface area (Å²) in [6.07, 6.45) is 6.85. The summed E-state index contributed by atoms with van der Waals surface area (Å²) in [6, 6.07) is 5.36.